The molecule has 0 bridgehead atoms. The van der Waals surface area contributed by atoms with Gasteiger partial charge in [0.05, 0.1) is 24.1 Å². The number of fused-ring (bicyclic) bond motifs is 2. The lowest BCUT2D eigenvalue weighted by atomic mass is 10.0. The van der Waals surface area contributed by atoms with Crippen molar-refractivity contribution >= 4 is 29.2 Å². The van der Waals surface area contributed by atoms with Crippen molar-refractivity contribution in [2.45, 2.75) is 6.42 Å². The monoisotopic (exact) mass is 334 g/mol. The third kappa shape index (κ3) is 2.26. The first-order valence-corrected chi connectivity index (χ1v) is 7.85. The van der Waals surface area contributed by atoms with E-state index in [-0.39, 0.29) is 24.7 Å². The number of ketones is 1. The Morgan fingerprint density at radius 3 is 2.28 bits per heavy atom. The Hall–Kier alpha value is -3.28. The van der Waals surface area contributed by atoms with Crippen molar-refractivity contribution in [1.29, 1.82) is 0 Å². The van der Waals surface area contributed by atoms with Crippen LogP contribution in [0.15, 0.2) is 42.5 Å². The molecular weight excluding hydrogens is 320 g/mol. The van der Waals surface area contributed by atoms with Gasteiger partial charge in [-0.05, 0) is 35.9 Å². The summed E-state index contributed by atoms with van der Waals surface area (Å²) in [5.74, 6) is -1.27. The van der Waals surface area contributed by atoms with Crippen molar-refractivity contribution in [1.82, 2.24) is 4.90 Å². The molecule has 2 aliphatic rings. The maximum atomic E-state index is 12.6. The summed E-state index contributed by atoms with van der Waals surface area (Å²) in [6.07, 6.45) is 0.250. The average Bonchev–Trinajstić information content (AvgIpc) is 3.03. The molecule has 4 rings (SSSR count). The molecule has 2 aromatic rings. The predicted octanol–water partition coefficient (Wildman–Crippen LogP) is 1.68. The summed E-state index contributed by atoms with van der Waals surface area (Å²) in [7, 11) is 1.69. The van der Waals surface area contributed by atoms with Crippen molar-refractivity contribution in [3.8, 4) is 0 Å². The Morgan fingerprint density at radius 2 is 1.64 bits per heavy atom. The van der Waals surface area contributed by atoms with Gasteiger partial charge in [-0.1, -0.05) is 12.1 Å². The quantitative estimate of drug-likeness (QED) is 0.632. The maximum absolute atomic E-state index is 12.6. The highest BCUT2D eigenvalue weighted by atomic mass is 16.2. The van der Waals surface area contributed by atoms with Crippen LogP contribution >= 0.6 is 0 Å². The largest absolute Gasteiger partial charge is 0.315 e. The minimum atomic E-state index is -0.454. The van der Waals surface area contributed by atoms with Crippen LogP contribution in [0.25, 0.3) is 0 Å². The standard InChI is InChI=1S/C19H14N2O4/c1-20-15-7-6-11(8-12(15)9-17(20)23)16(22)10-21-18(24)13-4-2-3-5-14(13)19(21)25/h2-8H,9-10H2,1H3. The molecule has 124 valence electrons. The fourth-order valence-electron chi connectivity index (χ4n) is 3.26. The van der Waals surface area contributed by atoms with Gasteiger partial charge in [-0.15, -0.1) is 0 Å². The van der Waals surface area contributed by atoms with Gasteiger partial charge >= 0.3 is 0 Å². The number of carbonyl (C=O) groups is 4. The van der Waals surface area contributed by atoms with Gasteiger partial charge in [0.2, 0.25) is 5.91 Å². The smallest absolute Gasteiger partial charge is 0.261 e. The van der Waals surface area contributed by atoms with E-state index in [4.69, 9.17) is 0 Å². The van der Waals surface area contributed by atoms with Crippen LogP contribution < -0.4 is 4.90 Å². The second kappa shape index (κ2) is 5.37. The second-order valence-electron chi connectivity index (χ2n) is 6.14. The predicted molar refractivity (Wildman–Crippen MR) is 89.7 cm³/mol. The molecule has 0 aromatic heterocycles. The van der Waals surface area contributed by atoms with E-state index in [0.29, 0.717) is 16.7 Å². The second-order valence-corrected chi connectivity index (χ2v) is 6.14. The Bertz CT molecular complexity index is 929. The molecule has 0 unspecified atom stereocenters. The van der Waals surface area contributed by atoms with E-state index in [0.717, 1.165) is 16.2 Å². The van der Waals surface area contributed by atoms with Crippen LogP contribution in [0.2, 0.25) is 0 Å². The summed E-state index contributed by atoms with van der Waals surface area (Å²) in [6, 6.07) is 11.5. The summed E-state index contributed by atoms with van der Waals surface area (Å²) in [5, 5.41) is 0. The van der Waals surface area contributed by atoms with Gasteiger partial charge in [-0.3, -0.25) is 24.1 Å². The van der Waals surface area contributed by atoms with Crippen LogP contribution in [0.3, 0.4) is 0 Å². The number of imide groups is 1. The third-order valence-electron chi connectivity index (χ3n) is 4.66. The lowest BCUT2D eigenvalue weighted by molar-refractivity contribution is -0.117. The van der Waals surface area contributed by atoms with Crippen LogP contribution in [0, 0.1) is 0 Å². The summed E-state index contributed by atoms with van der Waals surface area (Å²) in [6.45, 7) is -0.311. The summed E-state index contributed by atoms with van der Waals surface area (Å²) in [4.78, 5) is 51.5. The topological polar surface area (TPSA) is 74.8 Å². The van der Waals surface area contributed by atoms with Crippen molar-refractivity contribution in [3.05, 3.63) is 64.7 Å². The minimum absolute atomic E-state index is 0.0278. The fraction of sp³-hybridized carbons (Fsp3) is 0.158. The number of hydrogen-bond donors (Lipinski definition) is 0. The number of benzene rings is 2. The van der Waals surface area contributed by atoms with Crippen LogP contribution in [0.5, 0.6) is 0 Å². The zero-order chi connectivity index (χ0) is 17.7. The number of rotatable bonds is 3. The van der Waals surface area contributed by atoms with Gasteiger partial charge in [-0.2, -0.15) is 0 Å². The number of likely N-dealkylation sites (N-methyl/N-ethyl adjacent to an activating group) is 1. The lowest BCUT2D eigenvalue weighted by Crippen LogP contribution is -2.34. The Morgan fingerprint density at radius 1 is 1.00 bits per heavy atom. The maximum Gasteiger partial charge on any atom is 0.261 e. The van der Waals surface area contributed by atoms with E-state index < -0.39 is 11.8 Å². The Balaban J connectivity index is 1.58. The van der Waals surface area contributed by atoms with Crippen molar-refractivity contribution < 1.29 is 19.2 Å². The van der Waals surface area contributed by atoms with Gasteiger partial charge in [0.1, 0.15) is 0 Å². The number of Topliss-reactive ketones (excluding diaryl/α,β-unsaturated/α-hetero) is 1. The van der Waals surface area contributed by atoms with Gasteiger partial charge in [-0.25, -0.2) is 0 Å². The summed E-state index contributed by atoms with van der Waals surface area (Å²) >= 11 is 0. The lowest BCUT2D eigenvalue weighted by Gasteiger charge is -2.14. The van der Waals surface area contributed by atoms with Crippen LogP contribution in [0.1, 0.15) is 36.6 Å². The summed E-state index contributed by atoms with van der Waals surface area (Å²) < 4.78 is 0. The molecule has 0 saturated heterocycles. The zero-order valence-electron chi connectivity index (χ0n) is 13.5. The third-order valence-corrected chi connectivity index (χ3v) is 4.66. The summed E-state index contributed by atoms with van der Waals surface area (Å²) in [5.41, 5.74) is 2.59. The molecule has 25 heavy (non-hydrogen) atoms. The van der Waals surface area contributed by atoms with Gasteiger partial charge in [0, 0.05) is 18.3 Å². The molecule has 2 aliphatic heterocycles. The fourth-order valence-corrected chi connectivity index (χ4v) is 3.26. The molecule has 0 fully saturated rings. The molecule has 0 saturated carbocycles. The van der Waals surface area contributed by atoms with Gasteiger partial charge < -0.3 is 4.90 Å². The normalized spacial score (nSPS) is 15.6. The molecule has 6 heteroatoms. The minimum Gasteiger partial charge on any atom is -0.315 e. The number of nitrogens with zero attached hydrogens (tertiary/aromatic N) is 2. The first-order valence-electron chi connectivity index (χ1n) is 7.85. The molecule has 0 spiro atoms. The average molecular weight is 334 g/mol. The van der Waals surface area contributed by atoms with Crippen LogP contribution in [-0.2, 0) is 11.2 Å². The van der Waals surface area contributed by atoms with E-state index in [1.165, 1.54) is 0 Å². The highest BCUT2D eigenvalue weighted by molar-refractivity contribution is 6.23. The van der Waals surface area contributed by atoms with E-state index in [1.54, 1.807) is 54.4 Å². The van der Waals surface area contributed by atoms with E-state index in [2.05, 4.69) is 0 Å². The molecular formula is C19H14N2O4. The van der Waals surface area contributed by atoms with Gasteiger partial charge in [0.15, 0.2) is 5.78 Å². The highest BCUT2D eigenvalue weighted by Gasteiger charge is 2.36. The molecule has 0 N–H and O–H groups in total. The van der Waals surface area contributed by atoms with Crippen molar-refractivity contribution in [2.24, 2.45) is 0 Å². The highest BCUT2D eigenvalue weighted by Crippen LogP contribution is 2.29. The van der Waals surface area contributed by atoms with Crippen molar-refractivity contribution in [2.75, 3.05) is 18.5 Å². The van der Waals surface area contributed by atoms with Crippen LogP contribution in [-0.4, -0.2) is 42.0 Å². The Kier molecular flexibility index (Phi) is 3.28. The van der Waals surface area contributed by atoms with E-state index >= 15 is 0 Å². The van der Waals surface area contributed by atoms with Crippen LogP contribution in [0.4, 0.5) is 5.69 Å². The molecule has 0 aliphatic carbocycles. The zero-order valence-corrected chi connectivity index (χ0v) is 13.5. The molecule has 6 nitrogen and oxygen atoms in total. The molecule has 0 atom stereocenters. The Labute approximate surface area is 143 Å². The first kappa shape index (κ1) is 15.3. The SMILES string of the molecule is CN1C(=O)Cc2cc(C(=O)CN3C(=O)c4ccccc4C3=O)ccc21. The van der Waals surface area contributed by atoms with Crippen molar-refractivity contribution in [3.63, 3.8) is 0 Å². The number of amides is 3. The number of hydrogen-bond acceptors (Lipinski definition) is 4. The molecule has 0 radical (unpaired) electrons. The molecule has 2 heterocycles. The van der Waals surface area contributed by atoms with E-state index in [9.17, 15) is 19.2 Å². The molecule has 3 amide bonds. The first-order chi connectivity index (χ1) is 12.0. The molecule has 2 aromatic carbocycles. The number of anilines is 1. The van der Waals surface area contributed by atoms with Gasteiger partial charge in [0.25, 0.3) is 11.8 Å². The number of carbonyl (C=O) groups excluding carboxylic acids is 4. The van der Waals surface area contributed by atoms with E-state index in [1.807, 2.05) is 0 Å².